The normalized spacial score (nSPS) is 14.9. The van der Waals surface area contributed by atoms with Gasteiger partial charge in [0, 0.05) is 36.1 Å². The quantitative estimate of drug-likeness (QED) is 0.432. The highest BCUT2D eigenvalue weighted by Gasteiger charge is 2.19. The Labute approximate surface area is 186 Å². The molecule has 3 heterocycles. The number of fused-ring (bicyclic) bond motifs is 1. The summed E-state index contributed by atoms with van der Waals surface area (Å²) >= 11 is 5.82. The molecule has 0 N–H and O–H groups in total. The molecule has 0 bridgehead atoms. The summed E-state index contributed by atoms with van der Waals surface area (Å²) in [5.41, 5.74) is 4.03. The zero-order valence-corrected chi connectivity index (χ0v) is 18.4. The van der Waals surface area contributed by atoms with Crippen molar-refractivity contribution in [1.82, 2.24) is 24.2 Å². The number of aromatic nitrogens is 4. The molecule has 7 heteroatoms. The van der Waals surface area contributed by atoms with Crippen molar-refractivity contribution >= 4 is 23.1 Å². The van der Waals surface area contributed by atoms with Crippen LogP contribution < -0.4 is 0 Å². The molecule has 0 radical (unpaired) electrons. The van der Waals surface area contributed by atoms with Gasteiger partial charge in [0.1, 0.15) is 0 Å². The third kappa shape index (κ3) is 3.92. The van der Waals surface area contributed by atoms with Crippen molar-refractivity contribution in [2.75, 3.05) is 26.3 Å². The van der Waals surface area contributed by atoms with Crippen LogP contribution in [0.5, 0.6) is 0 Å². The van der Waals surface area contributed by atoms with E-state index >= 15 is 0 Å². The molecule has 31 heavy (non-hydrogen) atoms. The summed E-state index contributed by atoms with van der Waals surface area (Å²) in [5, 5.41) is 6.07. The van der Waals surface area contributed by atoms with Gasteiger partial charge in [-0.2, -0.15) is 5.10 Å². The average molecular weight is 432 g/mol. The minimum absolute atomic E-state index is 0.677. The van der Waals surface area contributed by atoms with Crippen molar-refractivity contribution in [3.05, 3.63) is 65.4 Å². The monoisotopic (exact) mass is 431 g/mol. The first-order valence-electron chi connectivity index (χ1n) is 10.7. The number of morpholine rings is 1. The Kier molecular flexibility index (Phi) is 5.63. The van der Waals surface area contributed by atoms with Crippen LogP contribution in [-0.4, -0.2) is 50.5 Å². The van der Waals surface area contributed by atoms with Gasteiger partial charge in [-0.15, -0.1) is 0 Å². The molecule has 1 aliphatic heterocycles. The van der Waals surface area contributed by atoms with E-state index in [1.165, 1.54) is 0 Å². The van der Waals surface area contributed by atoms with Crippen molar-refractivity contribution in [3.8, 4) is 22.6 Å². The molecule has 2 aromatic carbocycles. The Morgan fingerprint density at radius 3 is 2.52 bits per heavy atom. The molecule has 158 valence electrons. The number of pyridine rings is 1. The molecule has 0 aliphatic carbocycles. The van der Waals surface area contributed by atoms with Gasteiger partial charge in [0.05, 0.1) is 31.1 Å². The van der Waals surface area contributed by atoms with Crippen molar-refractivity contribution < 1.29 is 4.74 Å². The van der Waals surface area contributed by atoms with Gasteiger partial charge >= 0.3 is 0 Å². The van der Waals surface area contributed by atoms with Crippen LogP contribution in [0.15, 0.2) is 60.7 Å². The molecule has 5 rings (SSSR count). The maximum Gasteiger partial charge on any atom is 0.199 e. The highest BCUT2D eigenvalue weighted by atomic mass is 32.1. The van der Waals surface area contributed by atoms with Gasteiger partial charge in [0.25, 0.3) is 0 Å². The van der Waals surface area contributed by atoms with Crippen LogP contribution in [0.1, 0.15) is 6.92 Å². The smallest absolute Gasteiger partial charge is 0.199 e. The summed E-state index contributed by atoms with van der Waals surface area (Å²) in [6.07, 6.45) is 0. The second kappa shape index (κ2) is 8.70. The summed E-state index contributed by atoms with van der Waals surface area (Å²) in [7, 11) is 0. The Morgan fingerprint density at radius 2 is 1.74 bits per heavy atom. The first-order chi connectivity index (χ1) is 15.2. The first kappa shape index (κ1) is 20.1. The van der Waals surface area contributed by atoms with E-state index in [-0.39, 0.29) is 0 Å². The minimum atomic E-state index is 0.677. The molecule has 1 fully saturated rings. The van der Waals surface area contributed by atoms with Crippen LogP contribution in [-0.2, 0) is 18.0 Å². The Balaban J connectivity index is 1.66. The SMILES string of the molecule is CCn1c(-c2cc(-c3ccccc3)nc3ccccc23)nn(CN2CCOCC2)c1=S. The van der Waals surface area contributed by atoms with Crippen LogP contribution in [0.25, 0.3) is 33.5 Å². The van der Waals surface area contributed by atoms with Crippen molar-refractivity contribution in [2.24, 2.45) is 0 Å². The minimum Gasteiger partial charge on any atom is -0.379 e. The summed E-state index contributed by atoms with van der Waals surface area (Å²) in [6, 6.07) is 20.6. The van der Waals surface area contributed by atoms with Crippen LogP contribution in [0.2, 0.25) is 0 Å². The molecule has 0 atom stereocenters. The van der Waals surface area contributed by atoms with Gasteiger partial charge in [0.15, 0.2) is 10.6 Å². The second-order valence-corrected chi connectivity index (χ2v) is 8.03. The average Bonchev–Trinajstić information content (AvgIpc) is 3.14. The fraction of sp³-hybridized carbons (Fsp3) is 0.292. The Morgan fingerprint density at radius 1 is 1.00 bits per heavy atom. The highest BCUT2D eigenvalue weighted by molar-refractivity contribution is 7.71. The number of hydrogen-bond donors (Lipinski definition) is 0. The Bertz CT molecular complexity index is 1260. The number of rotatable bonds is 5. The summed E-state index contributed by atoms with van der Waals surface area (Å²) in [6.45, 7) is 6.85. The number of hydrogen-bond acceptors (Lipinski definition) is 5. The van der Waals surface area contributed by atoms with Crippen LogP contribution in [0, 0.1) is 4.77 Å². The lowest BCUT2D eigenvalue weighted by atomic mass is 10.0. The summed E-state index contributed by atoms with van der Waals surface area (Å²) in [4.78, 5) is 7.25. The van der Waals surface area contributed by atoms with Gasteiger partial charge in [-0.05, 0) is 31.3 Å². The van der Waals surface area contributed by atoms with Crippen molar-refractivity contribution in [2.45, 2.75) is 20.1 Å². The fourth-order valence-electron chi connectivity index (χ4n) is 4.07. The third-order valence-electron chi connectivity index (χ3n) is 5.70. The fourth-order valence-corrected chi connectivity index (χ4v) is 4.38. The maximum absolute atomic E-state index is 5.82. The van der Waals surface area contributed by atoms with E-state index in [4.69, 9.17) is 27.0 Å². The molecular formula is C24H25N5OS. The summed E-state index contributed by atoms with van der Waals surface area (Å²) < 4.78 is 10.3. The lowest BCUT2D eigenvalue weighted by Crippen LogP contribution is -2.37. The van der Waals surface area contributed by atoms with Crippen LogP contribution in [0.4, 0.5) is 0 Å². The zero-order chi connectivity index (χ0) is 21.2. The van der Waals surface area contributed by atoms with Crippen LogP contribution >= 0.6 is 12.2 Å². The van der Waals surface area contributed by atoms with Gasteiger partial charge in [-0.3, -0.25) is 4.90 Å². The van der Waals surface area contributed by atoms with E-state index in [2.05, 4.69) is 46.7 Å². The van der Waals surface area contributed by atoms with Gasteiger partial charge in [0.2, 0.25) is 0 Å². The van der Waals surface area contributed by atoms with E-state index in [0.717, 1.165) is 71.2 Å². The lowest BCUT2D eigenvalue weighted by molar-refractivity contribution is 0.0209. The van der Waals surface area contributed by atoms with E-state index in [1.54, 1.807) is 0 Å². The van der Waals surface area contributed by atoms with E-state index in [1.807, 2.05) is 35.0 Å². The molecule has 2 aromatic heterocycles. The molecule has 0 spiro atoms. The predicted molar refractivity (Wildman–Crippen MR) is 125 cm³/mol. The Hall–Kier alpha value is -2.87. The van der Waals surface area contributed by atoms with Gasteiger partial charge in [-0.25, -0.2) is 9.67 Å². The summed E-state index contributed by atoms with van der Waals surface area (Å²) in [5.74, 6) is 0.886. The molecule has 0 saturated carbocycles. The predicted octanol–water partition coefficient (Wildman–Crippen LogP) is 4.61. The third-order valence-corrected chi connectivity index (χ3v) is 6.13. The molecule has 1 aliphatic rings. The maximum atomic E-state index is 5.82. The number of para-hydroxylation sites is 1. The number of benzene rings is 2. The standard InChI is InChI=1S/C24H25N5OS/c1-2-28-23(26-29(24(28)31)17-27-12-14-30-15-13-27)20-16-22(18-8-4-3-5-9-18)25-21-11-7-6-10-19(20)21/h3-11,16H,2,12-15,17H2,1H3. The molecule has 0 unspecified atom stereocenters. The van der Waals surface area contributed by atoms with Gasteiger partial charge < -0.3 is 9.30 Å². The molecule has 4 aromatic rings. The zero-order valence-electron chi connectivity index (χ0n) is 17.6. The van der Waals surface area contributed by atoms with E-state index < -0.39 is 0 Å². The first-order valence-corrected chi connectivity index (χ1v) is 11.1. The molecular weight excluding hydrogens is 406 g/mol. The molecule has 0 amide bonds. The topological polar surface area (TPSA) is 48.1 Å². The second-order valence-electron chi connectivity index (χ2n) is 7.66. The number of nitrogens with zero attached hydrogens (tertiary/aromatic N) is 5. The molecule has 6 nitrogen and oxygen atoms in total. The molecule has 1 saturated heterocycles. The van der Waals surface area contributed by atoms with E-state index in [0.29, 0.717) is 6.67 Å². The van der Waals surface area contributed by atoms with Crippen LogP contribution in [0.3, 0.4) is 0 Å². The van der Waals surface area contributed by atoms with Gasteiger partial charge in [-0.1, -0.05) is 48.5 Å². The number of ether oxygens (including phenoxy) is 1. The largest absolute Gasteiger partial charge is 0.379 e. The van der Waals surface area contributed by atoms with Crippen molar-refractivity contribution in [3.63, 3.8) is 0 Å². The van der Waals surface area contributed by atoms with Crippen molar-refractivity contribution in [1.29, 1.82) is 0 Å². The lowest BCUT2D eigenvalue weighted by Gasteiger charge is -2.26. The highest BCUT2D eigenvalue weighted by Crippen LogP contribution is 2.31. The van der Waals surface area contributed by atoms with E-state index in [9.17, 15) is 0 Å².